The molecule has 6 nitrogen and oxygen atoms in total. The zero-order valence-electron chi connectivity index (χ0n) is 13.6. The van der Waals surface area contributed by atoms with E-state index in [0.717, 1.165) is 15.7 Å². The van der Waals surface area contributed by atoms with E-state index in [9.17, 15) is 4.79 Å². The van der Waals surface area contributed by atoms with Gasteiger partial charge in [0.2, 0.25) is 11.0 Å². The van der Waals surface area contributed by atoms with Crippen LogP contribution in [0.15, 0.2) is 57.5 Å². The van der Waals surface area contributed by atoms with Crippen LogP contribution >= 0.6 is 23.1 Å². The minimum Gasteiger partial charge on any atom is -0.467 e. The highest BCUT2D eigenvalue weighted by Gasteiger charge is 2.17. The Morgan fingerprint density at radius 3 is 2.80 bits per heavy atom. The number of carbonyl (C=O) groups excluding carboxylic acids is 1. The molecule has 2 N–H and O–H groups in total. The fraction of sp³-hybridized carbons (Fsp3) is 0.235. The quantitative estimate of drug-likeness (QED) is 0.587. The first kappa shape index (κ1) is 17.5. The number of aromatic nitrogens is 2. The zero-order chi connectivity index (χ0) is 17.5. The first-order chi connectivity index (χ1) is 12.2. The second-order valence-electron chi connectivity index (χ2n) is 5.27. The van der Waals surface area contributed by atoms with E-state index in [1.807, 2.05) is 49.4 Å². The number of furan rings is 1. The Morgan fingerprint density at radius 2 is 2.04 bits per heavy atom. The van der Waals surface area contributed by atoms with E-state index in [2.05, 4.69) is 20.8 Å². The number of thioether (sulfide) groups is 1. The number of hydrogen-bond donors (Lipinski definition) is 2. The molecule has 0 aliphatic heterocycles. The molecule has 3 aromatic rings. The Kier molecular flexibility index (Phi) is 6.08. The molecule has 3 rings (SSSR count). The van der Waals surface area contributed by atoms with Gasteiger partial charge in [-0.1, -0.05) is 53.4 Å². The van der Waals surface area contributed by atoms with Crippen LogP contribution in [0.5, 0.6) is 0 Å². The molecule has 1 unspecified atom stereocenters. The Balaban J connectivity index is 1.45. The maximum absolute atomic E-state index is 12.2. The number of carbonyl (C=O) groups is 1. The number of nitrogens with zero attached hydrogens (tertiary/aromatic N) is 2. The van der Waals surface area contributed by atoms with E-state index in [4.69, 9.17) is 4.42 Å². The molecule has 0 saturated heterocycles. The number of hydrogen-bond acceptors (Lipinski definition) is 7. The smallest absolute Gasteiger partial charge is 0.233 e. The third-order valence-electron chi connectivity index (χ3n) is 3.36. The van der Waals surface area contributed by atoms with Crippen molar-refractivity contribution >= 4 is 34.1 Å². The molecule has 1 atom stereocenters. The third kappa shape index (κ3) is 5.33. The number of nitrogens with one attached hydrogen (secondary N) is 2. The second-order valence-corrected chi connectivity index (χ2v) is 7.83. The average Bonchev–Trinajstić information content (AvgIpc) is 3.30. The zero-order valence-corrected chi connectivity index (χ0v) is 15.3. The van der Waals surface area contributed by atoms with Gasteiger partial charge in [0, 0.05) is 6.54 Å². The summed E-state index contributed by atoms with van der Waals surface area (Å²) in [5.74, 6) is 0.812. The molecule has 2 aromatic heterocycles. The van der Waals surface area contributed by atoms with Gasteiger partial charge in [-0.25, -0.2) is 0 Å². The van der Waals surface area contributed by atoms with Crippen molar-refractivity contribution in [3.05, 3.63) is 60.1 Å². The molecule has 2 heterocycles. The number of rotatable bonds is 8. The third-order valence-corrected chi connectivity index (χ3v) is 5.42. The Hall–Kier alpha value is -2.32. The van der Waals surface area contributed by atoms with E-state index in [-0.39, 0.29) is 11.2 Å². The van der Waals surface area contributed by atoms with Gasteiger partial charge in [0.05, 0.1) is 18.1 Å². The lowest BCUT2D eigenvalue weighted by Gasteiger charge is -2.10. The van der Waals surface area contributed by atoms with Gasteiger partial charge in [-0.05, 0) is 24.6 Å². The summed E-state index contributed by atoms with van der Waals surface area (Å²) in [6.45, 7) is 2.94. The first-order valence-corrected chi connectivity index (χ1v) is 9.48. The molecule has 0 aliphatic rings. The van der Waals surface area contributed by atoms with Gasteiger partial charge in [0.25, 0.3) is 0 Å². The summed E-state index contributed by atoms with van der Waals surface area (Å²) in [7, 11) is 0. The van der Waals surface area contributed by atoms with Crippen LogP contribution in [0, 0.1) is 0 Å². The van der Waals surface area contributed by atoms with Crippen molar-refractivity contribution in [1.29, 1.82) is 0 Å². The molecule has 130 valence electrons. The van der Waals surface area contributed by atoms with Crippen LogP contribution in [0.3, 0.4) is 0 Å². The van der Waals surface area contributed by atoms with Gasteiger partial charge >= 0.3 is 0 Å². The van der Waals surface area contributed by atoms with Crippen molar-refractivity contribution in [1.82, 2.24) is 15.5 Å². The summed E-state index contributed by atoms with van der Waals surface area (Å²) in [5.41, 5.74) is 1.08. The lowest BCUT2D eigenvalue weighted by molar-refractivity contribution is -0.120. The predicted molar refractivity (Wildman–Crippen MR) is 99.6 cm³/mol. The molecule has 0 fully saturated rings. The van der Waals surface area contributed by atoms with E-state index < -0.39 is 0 Å². The fourth-order valence-electron chi connectivity index (χ4n) is 2.04. The van der Waals surface area contributed by atoms with Crippen LogP contribution in [0.2, 0.25) is 0 Å². The maximum Gasteiger partial charge on any atom is 0.233 e. The van der Waals surface area contributed by atoms with Gasteiger partial charge < -0.3 is 15.1 Å². The number of benzene rings is 1. The first-order valence-electron chi connectivity index (χ1n) is 7.79. The predicted octanol–water partition coefficient (Wildman–Crippen LogP) is 3.54. The van der Waals surface area contributed by atoms with Crippen molar-refractivity contribution in [2.45, 2.75) is 29.6 Å². The second kappa shape index (κ2) is 8.68. The molecule has 25 heavy (non-hydrogen) atoms. The lowest BCUT2D eigenvalue weighted by Crippen LogP contribution is -2.30. The van der Waals surface area contributed by atoms with Crippen LogP contribution in [-0.4, -0.2) is 21.4 Å². The molecule has 0 saturated carbocycles. The molecule has 0 bridgehead atoms. The highest BCUT2D eigenvalue weighted by molar-refractivity contribution is 8.02. The van der Waals surface area contributed by atoms with Gasteiger partial charge in [0.15, 0.2) is 4.34 Å². The van der Waals surface area contributed by atoms with Crippen LogP contribution in [-0.2, 0) is 17.9 Å². The molecule has 1 amide bonds. The summed E-state index contributed by atoms with van der Waals surface area (Å²) in [6, 6.07) is 13.6. The van der Waals surface area contributed by atoms with E-state index in [1.54, 1.807) is 6.26 Å². The van der Waals surface area contributed by atoms with Crippen molar-refractivity contribution < 1.29 is 9.21 Å². The average molecular weight is 374 g/mol. The summed E-state index contributed by atoms with van der Waals surface area (Å²) in [6.07, 6.45) is 1.63. The Bertz CT molecular complexity index is 790. The standard InChI is InChI=1S/C17H18N4O2S2/c1-12(15(22)18-10-13-6-3-2-4-7-13)24-17-21-20-16(25-17)19-11-14-8-5-9-23-14/h2-9,12H,10-11H2,1H3,(H,18,22)(H,19,20). The number of amides is 1. The van der Waals surface area contributed by atoms with Crippen LogP contribution in [0.25, 0.3) is 0 Å². The van der Waals surface area contributed by atoms with Gasteiger partial charge in [-0.3, -0.25) is 4.79 Å². The lowest BCUT2D eigenvalue weighted by atomic mass is 10.2. The normalized spacial score (nSPS) is 11.9. The minimum absolute atomic E-state index is 0.0193. The van der Waals surface area contributed by atoms with Crippen LogP contribution in [0.4, 0.5) is 5.13 Å². The fourth-order valence-corrected chi connectivity index (χ4v) is 3.95. The molecular weight excluding hydrogens is 356 g/mol. The molecule has 0 aliphatic carbocycles. The van der Waals surface area contributed by atoms with E-state index >= 15 is 0 Å². The molecule has 8 heteroatoms. The van der Waals surface area contributed by atoms with Crippen molar-refractivity contribution in [2.24, 2.45) is 0 Å². The summed E-state index contributed by atoms with van der Waals surface area (Å²) < 4.78 is 6.01. The summed E-state index contributed by atoms with van der Waals surface area (Å²) in [5, 5.41) is 14.8. The highest BCUT2D eigenvalue weighted by Crippen LogP contribution is 2.29. The maximum atomic E-state index is 12.2. The molecule has 1 aromatic carbocycles. The van der Waals surface area contributed by atoms with Crippen molar-refractivity contribution in [3.8, 4) is 0 Å². The van der Waals surface area contributed by atoms with Gasteiger partial charge in [0.1, 0.15) is 5.76 Å². The van der Waals surface area contributed by atoms with Gasteiger partial charge in [-0.15, -0.1) is 10.2 Å². The highest BCUT2D eigenvalue weighted by atomic mass is 32.2. The Labute approximate surface area is 154 Å². The van der Waals surface area contributed by atoms with E-state index in [1.165, 1.54) is 23.1 Å². The largest absolute Gasteiger partial charge is 0.467 e. The molecular formula is C17H18N4O2S2. The minimum atomic E-state index is -0.241. The Morgan fingerprint density at radius 1 is 1.20 bits per heavy atom. The number of anilines is 1. The SMILES string of the molecule is CC(Sc1nnc(NCc2ccco2)s1)C(=O)NCc1ccccc1. The van der Waals surface area contributed by atoms with Crippen molar-refractivity contribution in [2.75, 3.05) is 5.32 Å². The van der Waals surface area contributed by atoms with Crippen LogP contribution in [0.1, 0.15) is 18.2 Å². The van der Waals surface area contributed by atoms with Crippen LogP contribution < -0.4 is 10.6 Å². The summed E-state index contributed by atoms with van der Waals surface area (Å²) >= 11 is 2.82. The summed E-state index contributed by atoms with van der Waals surface area (Å²) in [4.78, 5) is 12.2. The topological polar surface area (TPSA) is 80.1 Å². The van der Waals surface area contributed by atoms with E-state index in [0.29, 0.717) is 18.2 Å². The monoisotopic (exact) mass is 374 g/mol. The molecule has 0 spiro atoms. The van der Waals surface area contributed by atoms with Gasteiger partial charge in [-0.2, -0.15) is 0 Å². The molecule has 0 radical (unpaired) electrons. The van der Waals surface area contributed by atoms with Crippen molar-refractivity contribution in [3.63, 3.8) is 0 Å².